The van der Waals surface area contributed by atoms with E-state index in [0.29, 0.717) is 6.10 Å². The number of nitrogens with one attached hydrogen (secondary N) is 1. The summed E-state index contributed by atoms with van der Waals surface area (Å²) in [6.45, 7) is 1.56. The van der Waals surface area contributed by atoms with E-state index in [9.17, 15) is 0 Å². The van der Waals surface area contributed by atoms with E-state index in [-0.39, 0.29) is 0 Å². The molecule has 0 amide bonds. The maximum absolute atomic E-state index is 5.84. The van der Waals surface area contributed by atoms with Gasteiger partial charge < -0.3 is 10.1 Å². The second-order valence-electron chi connectivity index (χ2n) is 4.28. The Bertz CT molecular complexity index is 342. The number of anilines is 1. The van der Waals surface area contributed by atoms with Crippen molar-refractivity contribution in [2.75, 3.05) is 18.5 Å². The van der Waals surface area contributed by atoms with Crippen LogP contribution in [0.4, 0.5) is 5.82 Å². The Hall–Kier alpha value is -0.430. The molecule has 1 aliphatic carbocycles. The molecule has 5 heteroatoms. The summed E-state index contributed by atoms with van der Waals surface area (Å²) >= 11 is 2.23. The van der Waals surface area contributed by atoms with Crippen molar-refractivity contribution in [3.63, 3.8) is 0 Å². The van der Waals surface area contributed by atoms with Crippen molar-refractivity contribution < 1.29 is 4.74 Å². The van der Waals surface area contributed by atoms with Crippen LogP contribution in [0.5, 0.6) is 0 Å². The van der Waals surface area contributed by atoms with Crippen LogP contribution in [-0.4, -0.2) is 29.2 Å². The zero-order valence-corrected chi connectivity index (χ0v) is 12.0. The van der Waals surface area contributed by atoms with Gasteiger partial charge in [0.1, 0.15) is 12.1 Å². The van der Waals surface area contributed by atoms with Crippen LogP contribution >= 0.6 is 22.6 Å². The number of halogens is 1. The quantitative estimate of drug-likeness (QED) is 0.657. The molecule has 1 N–H and O–H groups in total. The van der Waals surface area contributed by atoms with Crippen LogP contribution in [0.1, 0.15) is 32.1 Å². The van der Waals surface area contributed by atoms with E-state index in [2.05, 4.69) is 37.9 Å². The molecule has 4 nitrogen and oxygen atoms in total. The molecule has 2 rings (SSSR count). The first-order chi connectivity index (χ1) is 8.36. The number of ether oxygens (including phenoxy) is 1. The van der Waals surface area contributed by atoms with E-state index >= 15 is 0 Å². The number of aromatic nitrogens is 2. The van der Waals surface area contributed by atoms with Crippen molar-refractivity contribution in [1.29, 1.82) is 0 Å². The molecule has 1 fully saturated rings. The third-order valence-corrected chi connectivity index (χ3v) is 3.76. The van der Waals surface area contributed by atoms with Crippen LogP contribution in [0.15, 0.2) is 12.5 Å². The Morgan fingerprint density at radius 1 is 1.35 bits per heavy atom. The van der Waals surface area contributed by atoms with Gasteiger partial charge in [-0.25, -0.2) is 9.97 Å². The second kappa shape index (κ2) is 7.10. The average molecular weight is 347 g/mol. The molecular formula is C12H18IN3O. The highest BCUT2D eigenvalue weighted by atomic mass is 127. The van der Waals surface area contributed by atoms with Gasteiger partial charge in [0.2, 0.25) is 0 Å². The molecule has 0 radical (unpaired) electrons. The number of rotatable bonds is 5. The molecule has 1 aromatic heterocycles. The van der Waals surface area contributed by atoms with Crippen molar-refractivity contribution in [3.8, 4) is 0 Å². The van der Waals surface area contributed by atoms with Gasteiger partial charge in [-0.2, -0.15) is 0 Å². The number of nitrogens with zero attached hydrogens (tertiary/aromatic N) is 2. The molecule has 0 spiro atoms. The highest BCUT2D eigenvalue weighted by molar-refractivity contribution is 14.1. The molecule has 1 heterocycles. The van der Waals surface area contributed by atoms with Gasteiger partial charge in [0.25, 0.3) is 0 Å². The van der Waals surface area contributed by atoms with Crippen LogP contribution in [0, 0.1) is 3.57 Å². The van der Waals surface area contributed by atoms with E-state index in [4.69, 9.17) is 4.74 Å². The topological polar surface area (TPSA) is 47.0 Å². The molecule has 94 valence electrons. The van der Waals surface area contributed by atoms with E-state index in [1.807, 2.05) is 0 Å². The monoisotopic (exact) mass is 347 g/mol. The van der Waals surface area contributed by atoms with Gasteiger partial charge >= 0.3 is 0 Å². The zero-order valence-electron chi connectivity index (χ0n) is 9.86. The minimum absolute atomic E-state index is 0.482. The third kappa shape index (κ3) is 4.39. The minimum atomic E-state index is 0.482. The molecule has 17 heavy (non-hydrogen) atoms. The van der Waals surface area contributed by atoms with Gasteiger partial charge in [-0.15, -0.1) is 0 Å². The number of hydrogen-bond donors (Lipinski definition) is 1. The molecule has 1 aromatic rings. The predicted molar refractivity (Wildman–Crippen MR) is 76.1 cm³/mol. The Balaban J connectivity index is 1.64. The highest BCUT2D eigenvalue weighted by Gasteiger charge is 2.13. The van der Waals surface area contributed by atoms with Crippen molar-refractivity contribution in [1.82, 2.24) is 9.97 Å². The second-order valence-corrected chi connectivity index (χ2v) is 5.44. The van der Waals surface area contributed by atoms with Crippen LogP contribution in [0.2, 0.25) is 0 Å². The lowest BCUT2D eigenvalue weighted by molar-refractivity contribution is 0.0347. The lowest BCUT2D eigenvalue weighted by atomic mass is 9.98. The molecule has 0 unspecified atom stereocenters. The molecular weight excluding hydrogens is 329 g/mol. The fourth-order valence-corrected chi connectivity index (χ4v) is 2.56. The first-order valence-electron chi connectivity index (χ1n) is 6.17. The summed E-state index contributed by atoms with van der Waals surface area (Å²) in [7, 11) is 0. The van der Waals surface area contributed by atoms with Crippen LogP contribution in [0.25, 0.3) is 0 Å². The fourth-order valence-electron chi connectivity index (χ4n) is 2.07. The van der Waals surface area contributed by atoms with Crippen molar-refractivity contribution in [2.24, 2.45) is 0 Å². The average Bonchev–Trinajstić information content (AvgIpc) is 2.38. The fraction of sp³-hybridized carbons (Fsp3) is 0.667. The summed E-state index contributed by atoms with van der Waals surface area (Å²) in [5.74, 6) is 0.896. The van der Waals surface area contributed by atoms with Gasteiger partial charge in [-0.05, 0) is 35.4 Å². The number of hydrogen-bond acceptors (Lipinski definition) is 4. The van der Waals surface area contributed by atoms with Crippen LogP contribution in [0.3, 0.4) is 0 Å². The van der Waals surface area contributed by atoms with E-state index in [0.717, 1.165) is 22.5 Å². The van der Waals surface area contributed by atoms with Gasteiger partial charge in [0.05, 0.1) is 16.3 Å². The lowest BCUT2D eigenvalue weighted by Gasteiger charge is -2.22. The summed E-state index contributed by atoms with van der Waals surface area (Å²) < 4.78 is 6.88. The molecule has 0 saturated heterocycles. The molecule has 0 bridgehead atoms. The molecule has 0 aliphatic heterocycles. The Morgan fingerprint density at radius 3 is 2.94 bits per heavy atom. The van der Waals surface area contributed by atoms with Gasteiger partial charge in [0.15, 0.2) is 0 Å². The first kappa shape index (κ1) is 13.0. The smallest absolute Gasteiger partial charge is 0.142 e. The predicted octanol–water partition coefficient (Wildman–Crippen LogP) is 2.84. The van der Waals surface area contributed by atoms with Gasteiger partial charge in [0, 0.05) is 12.7 Å². The molecule has 0 aromatic carbocycles. The van der Waals surface area contributed by atoms with Crippen molar-refractivity contribution in [2.45, 2.75) is 38.2 Å². The molecule has 1 saturated carbocycles. The Labute approximate surface area is 116 Å². The SMILES string of the molecule is Ic1cncnc1NCCOC1CCCCC1. The summed E-state index contributed by atoms with van der Waals surface area (Å²) in [5, 5.41) is 3.27. The molecule has 1 aliphatic rings. The van der Waals surface area contributed by atoms with E-state index < -0.39 is 0 Å². The summed E-state index contributed by atoms with van der Waals surface area (Å²) in [6, 6.07) is 0. The summed E-state index contributed by atoms with van der Waals surface area (Å²) in [6.07, 6.45) is 10.3. The zero-order chi connectivity index (χ0) is 11.9. The summed E-state index contributed by atoms with van der Waals surface area (Å²) in [5.41, 5.74) is 0. The van der Waals surface area contributed by atoms with Crippen molar-refractivity contribution >= 4 is 28.4 Å². The van der Waals surface area contributed by atoms with E-state index in [1.165, 1.54) is 32.1 Å². The standard InChI is InChI=1S/C12H18IN3O/c13-11-8-14-9-16-12(11)15-6-7-17-10-4-2-1-3-5-10/h8-10H,1-7H2,(H,14,15,16). The van der Waals surface area contributed by atoms with Gasteiger partial charge in [-0.1, -0.05) is 19.3 Å². The highest BCUT2D eigenvalue weighted by Crippen LogP contribution is 2.20. The maximum atomic E-state index is 5.84. The van der Waals surface area contributed by atoms with E-state index in [1.54, 1.807) is 12.5 Å². The first-order valence-corrected chi connectivity index (χ1v) is 7.25. The van der Waals surface area contributed by atoms with Crippen LogP contribution < -0.4 is 5.32 Å². The summed E-state index contributed by atoms with van der Waals surface area (Å²) in [4.78, 5) is 8.13. The van der Waals surface area contributed by atoms with Gasteiger partial charge in [-0.3, -0.25) is 0 Å². The minimum Gasteiger partial charge on any atom is -0.376 e. The normalized spacial score (nSPS) is 17.0. The van der Waals surface area contributed by atoms with Crippen molar-refractivity contribution in [3.05, 3.63) is 16.1 Å². The third-order valence-electron chi connectivity index (χ3n) is 2.97. The maximum Gasteiger partial charge on any atom is 0.142 e. The lowest BCUT2D eigenvalue weighted by Crippen LogP contribution is -2.20. The Kier molecular flexibility index (Phi) is 5.44. The Morgan fingerprint density at radius 2 is 2.18 bits per heavy atom. The largest absolute Gasteiger partial charge is 0.376 e. The molecule has 0 atom stereocenters. The van der Waals surface area contributed by atoms with Crippen LogP contribution in [-0.2, 0) is 4.74 Å².